The fourth-order valence-electron chi connectivity index (χ4n) is 3.50. The average molecular weight is 497 g/mol. The SMILES string of the molecule is CC1CN(C(=O)CSc2nnc(-c3ccccc3Cl)n2-c2cccc(C(F)(F)F)c2)CCO1. The van der Waals surface area contributed by atoms with Crippen LogP contribution in [-0.4, -0.2) is 57.1 Å². The summed E-state index contributed by atoms with van der Waals surface area (Å²) in [6, 6.07) is 11.8. The Morgan fingerprint density at radius 3 is 2.73 bits per heavy atom. The lowest BCUT2D eigenvalue weighted by Gasteiger charge is -2.31. The van der Waals surface area contributed by atoms with Crippen molar-refractivity contribution in [3.63, 3.8) is 0 Å². The first-order valence-electron chi connectivity index (χ1n) is 10.1. The molecule has 6 nitrogen and oxygen atoms in total. The van der Waals surface area contributed by atoms with E-state index in [0.29, 0.717) is 35.4 Å². The number of ether oxygens (including phenoxy) is 1. The summed E-state index contributed by atoms with van der Waals surface area (Å²) >= 11 is 7.45. The number of benzene rings is 2. The molecule has 1 aromatic heterocycles. The molecule has 2 aromatic carbocycles. The monoisotopic (exact) mass is 496 g/mol. The number of carbonyl (C=O) groups excluding carboxylic acids is 1. The Labute approximate surface area is 197 Å². The molecule has 0 bridgehead atoms. The minimum Gasteiger partial charge on any atom is -0.375 e. The third-order valence-corrected chi connectivity index (χ3v) is 6.34. The van der Waals surface area contributed by atoms with Crippen LogP contribution in [0.25, 0.3) is 17.1 Å². The first-order chi connectivity index (χ1) is 15.7. The van der Waals surface area contributed by atoms with Crippen molar-refractivity contribution in [3.8, 4) is 17.1 Å². The molecule has 1 aliphatic rings. The van der Waals surface area contributed by atoms with Gasteiger partial charge in [0.2, 0.25) is 5.91 Å². The molecule has 1 unspecified atom stereocenters. The molecule has 1 saturated heterocycles. The number of amides is 1. The molecule has 11 heteroatoms. The first kappa shape index (κ1) is 23.6. The molecule has 0 N–H and O–H groups in total. The average Bonchev–Trinajstić information content (AvgIpc) is 3.21. The van der Waals surface area contributed by atoms with E-state index < -0.39 is 11.7 Å². The van der Waals surface area contributed by atoms with Crippen molar-refractivity contribution >= 4 is 29.3 Å². The van der Waals surface area contributed by atoms with Crippen molar-refractivity contribution in [2.45, 2.75) is 24.4 Å². The smallest absolute Gasteiger partial charge is 0.375 e. The quantitative estimate of drug-likeness (QED) is 0.468. The van der Waals surface area contributed by atoms with Crippen LogP contribution < -0.4 is 0 Å². The lowest BCUT2D eigenvalue weighted by atomic mass is 10.1. The number of thioether (sulfide) groups is 1. The van der Waals surface area contributed by atoms with Crippen LogP contribution in [0.3, 0.4) is 0 Å². The van der Waals surface area contributed by atoms with Crippen LogP contribution >= 0.6 is 23.4 Å². The lowest BCUT2D eigenvalue weighted by Crippen LogP contribution is -2.45. The predicted molar refractivity (Wildman–Crippen MR) is 120 cm³/mol. The van der Waals surface area contributed by atoms with Gasteiger partial charge in [-0.15, -0.1) is 10.2 Å². The summed E-state index contributed by atoms with van der Waals surface area (Å²) in [5.41, 5.74) is -0.0583. The van der Waals surface area contributed by atoms with E-state index in [0.717, 1.165) is 23.9 Å². The number of carbonyl (C=O) groups is 1. The minimum atomic E-state index is -4.51. The maximum absolute atomic E-state index is 13.4. The molecule has 0 aliphatic carbocycles. The second-order valence-electron chi connectivity index (χ2n) is 7.48. The summed E-state index contributed by atoms with van der Waals surface area (Å²) in [7, 11) is 0. The molecule has 1 amide bonds. The number of aromatic nitrogens is 3. The minimum absolute atomic E-state index is 0.0479. The molecule has 1 aliphatic heterocycles. The Morgan fingerprint density at radius 2 is 2.00 bits per heavy atom. The van der Waals surface area contributed by atoms with Gasteiger partial charge in [-0.2, -0.15) is 13.2 Å². The Kier molecular flexibility index (Phi) is 6.96. The highest BCUT2D eigenvalue weighted by Crippen LogP contribution is 2.35. The largest absolute Gasteiger partial charge is 0.416 e. The highest BCUT2D eigenvalue weighted by molar-refractivity contribution is 7.99. The zero-order valence-corrected chi connectivity index (χ0v) is 19.1. The van der Waals surface area contributed by atoms with Gasteiger partial charge in [-0.3, -0.25) is 9.36 Å². The third kappa shape index (κ3) is 5.34. The molecular weight excluding hydrogens is 477 g/mol. The molecule has 0 saturated carbocycles. The van der Waals surface area contributed by atoms with Crippen molar-refractivity contribution in [2.24, 2.45) is 0 Å². The van der Waals surface area contributed by atoms with E-state index in [9.17, 15) is 18.0 Å². The summed E-state index contributed by atoms with van der Waals surface area (Å²) in [5, 5.41) is 9.05. The van der Waals surface area contributed by atoms with Crippen molar-refractivity contribution in [1.29, 1.82) is 0 Å². The van der Waals surface area contributed by atoms with Gasteiger partial charge in [-0.05, 0) is 37.3 Å². The lowest BCUT2D eigenvalue weighted by molar-refractivity contribution is -0.137. The number of hydrogen-bond acceptors (Lipinski definition) is 5. The fraction of sp³-hybridized carbons (Fsp3) is 0.318. The molecule has 4 rings (SSSR count). The summed E-state index contributed by atoms with van der Waals surface area (Å²) in [4.78, 5) is 14.4. The van der Waals surface area contributed by atoms with Crippen molar-refractivity contribution < 1.29 is 22.7 Å². The number of alkyl halides is 3. The molecule has 33 heavy (non-hydrogen) atoms. The van der Waals surface area contributed by atoms with E-state index >= 15 is 0 Å². The predicted octanol–water partition coefficient (Wildman–Crippen LogP) is 4.95. The van der Waals surface area contributed by atoms with Crippen LogP contribution in [-0.2, 0) is 15.7 Å². The van der Waals surface area contributed by atoms with Gasteiger partial charge >= 0.3 is 6.18 Å². The fourth-order valence-corrected chi connectivity index (χ4v) is 4.57. The van der Waals surface area contributed by atoms with Crippen LogP contribution in [0.2, 0.25) is 5.02 Å². The molecule has 0 radical (unpaired) electrons. The number of rotatable bonds is 5. The van der Waals surface area contributed by atoms with E-state index in [2.05, 4.69) is 10.2 Å². The normalized spacial score (nSPS) is 16.8. The van der Waals surface area contributed by atoms with E-state index in [1.54, 1.807) is 29.2 Å². The van der Waals surface area contributed by atoms with Gasteiger partial charge in [0.15, 0.2) is 11.0 Å². The van der Waals surface area contributed by atoms with Crippen LogP contribution in [0, 0.1) is 0 Å². The van der Waals surface area contributed by atoms with Crippen LogP contribution in [0.5, 0.6) is 0 Å². The van der Waals surface area contributed by atoms with Gasteiger partial charge in [0, 0.05) is 18.7 Å². The van der Waals surface area contributed by atoms with E-state index in [4.69, 9.17) is 16.3 Å². The molecule has 0 spiro atoms. The maximum Gasteiger partial charge on any atom is 0.416 e. The summed E-state index contributed by atoms with van der Waals surface area (Å²) in [5.74, 6) is 0.245. The summed E-state index contributed by atoms with van der Waals surface area (Å²) < 4.78 is 47.1. The second kappa shape index (κ2) is 9.74. The number of hydrogen-bond donors (Lipinski definition) is 0. The molecule has 2 heterocycles. The number of nitrogens with zero attached hydrogens (tertiary/aromatic N) is 4. The number of halogens is 4. The topological polar surface area (TPSA) is 60.2 Å². The van der Waals surface area contributed by atoms with E-state index in [-0.39, 0.29) is 29.3 Å². The maximum atomic E-state index is 13.4. The Morgan fingerprint density at radius 1 is 1.21 bits per heavy atom. The van der Waals surface area contributed by atoms with Gasteiger partial charge in [0.25, 0.3) is 0 Å². The third-order valence-electron chi connectivity index (χ3n) is 5.10. The van der Waals surface area contributed by atoms with Gasteiger partial charge in [0.1, 0.15) is 0 Å². The molecular formula is C22H20ClF3N4O2S. The molecule has 1 atom stereocenters. The molecule has 174 valence electrons. The Hall–Kier alpha value is -2.56. The van der Waals surface area contributed by atoms with Crippen molar-refractivity contribution in [1.82, 2.24) is 19.7 Å². The standard InChI is InChI=1S/C22H20ClF3N4O2S/c1-14-12-29(9-10-32-14)19(31)13-33-21-28-27-20(17-7-2-3-8-18(17)23)30(21)16-6-4-5-15(11-16)22(24,25)26/h2-8,11,14H,9-10,12-13H2,1H3. The molecule has 1 fully saturated rings. The second-order valence-corrected chi connectivity index (χ2v) is 8.83. The van der Waals surface area contributed by atoms with Crippen LogP contribution in [0.4, 0.5) is 13.2 Å². The van der Waals surface area contributed by atoms with E-state index in [1.165, 1.54) is 16.7 Å². The van der Waals surface area contributed by atoms with Gasteiger partial charge in [-0.1, -0.05) is 41.6 Å². The zero-order valence-electron chi connectivity index (χ0n) is 17.6. The van der Waals surface area contributed by atoms with Crippen molar-refractivity contribution in [2.75, 3.05) is 25.4 Å². The first-order valence-corrected chi connectivity index (χ1v) is 11.5. The summed E-state index contributed by atoms with van der Waals surface area (Å²) in [6.45, 7) is 3.35. The van der Waals surface area contributed by atoms with Gasteiger partial charge < -0.3 is 9.64 Å². The Bertz CT molecular complexity index is 1150. The number of morpholine rings is 1. The molecule has 3 aromatic rings. The highest BCUT2D eigenvalue weighted by Gasteiger charge is 2.31. The van der Waals surface area contributed by atoms with Crippen LogP contribution in [0.1, 0.15) is 12.5 Å². The van der Waals surface area contributed by atoms with Crippen LogP contribution in [0.15, 0.2) is 53.7 Å². The highest BCUT2D eigenvalue weighted by atomic mass is 35.5. The van der Waals surface area contributed by atoms with Gasteiger partial charge in [-0.25, -0.2) is 0 Å². The zero-order chi connectivity index (χ0) is 23.6. The Balaban J connectivity index is 1.69. The van der Waals surface area contributed by atoms with Crippen molar-refractivity contribution in [3.05, 3.63) is 59.1 Å². The van der Waals surface area contributed by atoms with Gasteiger partial charge in [0.05, 0.1) is 34.7 Å². The van der Waals surface area contributed by atoms with E-state index in [1.807, 2.05) is 6.92 Å². The summed E-state index contributed by atoms with van der Waals surface area (Å²) in [6.07, 6.45) is -4.56.